The lowest BCUT2D eigenvalue weighted by Crippen LogP contribution is -2.02. The third-order valence-corrected chi connectivity index (χ3v) is 3.96. The second-order valence-electron chi connectivity index (χ2n) is 5.75. The zero-order valence-electron chi connectivity index (χ0n) is 13.2. The van der Waals surface area contributed by atoms with Gasteiger partial charge in [-0.2, -0.15) is 0 Å². The number of anilines is 1. The minimum Gasteiger partial charge on any atom is -0.383 e. The smallest absolute Gasteiger partial charge is 0.150 e. The molecule has 0 fully saturated rings. The van der Waals surface area contributed by atoms with Gasteiger partial charge in [0.2, 0.25) is 0 Å². The number of fused-ring (bicyclic) bond motifs is 1. The van der Waals surface area contributed by atoms with Gasteiger partial charge in [0.25, 0.3) is 0 Å². The Morgan fingerprint density at radius 2 is 1.52 bits per heavy atom. The molecule has 0 amide bonds. The van der Waals surface area contributed by atoms with Gasteiger partial charge >= 0.3 is 0 Å². The predicted molar refractivity (Wildman–Crippen MR) is 87.0 cm³/mol. The van der Waals surface area contributed by atoms with Crippen molar-refractivity contribution in [2.45, 2.75) is 34.6 Å². The topological polar surface area (TPSA) is 56.7 Å². The van der Waals surface area contributed by atoms with E-state index in [1.807, 2.05) is 6.92 Å². The van der Waals surface area contributed by atoms with Crippen LogP contribution in [-0.2, 0) is 0 Å². The van der Waals surface area contributed by atoms with E-state index in [9.17, 15) is 0 Å². The van der Waals surface area contributed by atoms with Crippen molar-refractivity contribution in [3.8, 4) is 5.69 Å². The number of hydrogen-bond donors (Lipinski definition) is 1. The lowest BCUT2D eigenvalue weighted by molar-refractivity contribution is 0.991. The number of nitrogens with two attached hydrogens (primary N) is 1. The van der Waals surface area contributed by atoms with E-state index in [0.717, 1.165) is 28.0 Å². The van der Waals surface area contributed by atoms with E-state index in [2.05, 4.69) is 60.4 Å². The lowest BCUT2D eigenvalue weighted by Gasteiger charge is -2.10. The Morgan fingerprint density at radius 3 is 2.14 bits per heavy atom. The molecule has 1 aromatic carbocycles. The molecule has 2 heterocycles. The van der Waals surface area contributed by atoms with E-state index in [1.165, 1.54) is 11.1 Å². The van der Waals surface area contributed by atoms with Gasteiger partial charge in [-0.15, -0.1) is 0 Å². The van der Waals surface area contributed by atoms with E-state index in [-0.39, 0.29) is 0 Å². The zero-order chi connectivity index (χ0) is 15.3. The molecule has 3 aromatic rings. The van der Waals surface area contributed by atoms with Crippen LogP contribution in [0.4, 0.5) is 5.82 Å². The Hall–Kier alpha value is -2.36. The third-order valence-electron chi connectivity index (χ3n) is 3.96. The molecule has 0 aliphatic heterocycles. The maximum Gasteiger partial charge on any atom is 0.150 e. The molecule has 21 heavy (non-hydrogen) atoms. The fraction of sp³-hybridized carbons (Fsp3) is 0.294. The maximum atomic E-state index is 6.11. The van der Waals surface area contributed by atoms with Gasteiger partial charge in [0.15, 0.2) is 5.65 Å². The molecule has 2 N–H and O–H groups in total. The van der Waals surface area contributed by atoms with Gasteiger partial charge in [0, 0.05) is 11.4 Å². The van der Waals surface area contributed by atoms with Crippen molar-refractivity contribution in [1.29, 1.82) is 0 Å². The average Bonchev–Trinajstić information content (AvgIpc) is 2.60. The van der Waals surface area contributed by atoms with Crippen molar-refractivity contribution >= 4 is 16.9 Å². The van der Waals surface area contributed by atoms with Crippen LogP contribution in [0.2, 0.25) is 0 Å². The highest BCUT2D eigenvalue weighted by Crippen LogP contribution is 2.31. The average molecular weight is 280 g/mol. The standard InChI is InChI=1S/C17H20N4/c1-9-6-10(2)8-14(7-9)21-12(4)11(3)15-16(18)19-13(5)20-17(15)21/h6-8H,1-5H3,(H2,18,19,20). The first-order valence-corrected chi connectivity index (χ1v) is 7.09. The number of rotatable bonds is 1. The van der Waals surface area contributed by atoms with Crippen molar-refractivity contribution in [2.75, 3.05) is 5.73 Å². The van der Waals surface area contributed by atoms with Crippen molar-refractivity contribution in [3.05, 3.63) is 46.4 Å². The largest absolute Gasteiger partial charge is 0.383 e. The Kier molecular flexibility index (Phi) is 2.97. The normalized spacial score (nSPS) is 11.3. The number of hydrogen-bond acceptors (Lipinski definition) is 3. The first-order chi connectivity index (χ1) is 9.88. The van der Waals surface area contributed by atoms with E-state index in [0.29, 0.717) is 11.6 Å². The summed E-state index contributed by atoms with van der Waals surface area (Å²) >= 11 is 0. The molecular formula is C17H20N4. The highest BCUT2D eigenvalue weighted by molar-refractivity contribution is 5.92. The first kappa shape index (κ1) is 13.6. The fourth-order valence-corrected chi connectivity index (χ4v) is 3.00. The van der Waals surface area contributed by atoms with Crippen molar-refractivity contribution in [2.24, 2.45) is 0 Å². The Bertz CT molecular complexity index is 839. The Morgan fingerprint density at radius 1 is 0.905 bits per heavy atom. The molecule has 4 nitrogen and oxygen atoms in total. The van der Waals surface area contributed by atoms with Crippen LogP contribution in [0.15, 0.2) is 18.2 Å². The maximum absolute atomic E-state index is 6.11. The van der Waals surface area contributed by atoms with Gasteiger partial charge in [-0.3, -0.25) is 4.57 Å². The summed E-state index contributed by atoms with van der Waals surface area (Å²) in [5.41, 5.74) is 12.9. The minimum absolute atomic E-state index is 0.557. The monoisotopic (exact) mass is 280 g/mol. The summed E-state index contributed by atoms with van der Waals surface area (Å²) < 4.78 is 2.18. The van der Waals surface area contributed by atoms with Crippen LogP contribution in [0.3, 0.4) is 0 Å². The second kappa shape index (κ2) is 4.58. The molecule has 2 aromatic heterocycles. The Balaban J connectivity index is 2.45. The lowest BCUT2D eigenvalue weighted by atomic mass is 10.1. The van der Waals surface area contributed by atoms with Gasteiger partial charge < -0.3 is 5.73 Å². The van der Waals surface area contributed by atoms with Crippen molar-refractivity contribution in [3.63, 3.8) is 0 Å². The zero-order valence-corrected chi connectivity index (χ0v) is 13.2. The van der Waals surface area contributed by atoms with E-state index in [1.54, 1.807) is 0 Å². The number of nitrogen functional groups attached to an aromatic ring is 1. The summed E-state index contributed by atoms with van der Waals surface area (Å²) in [5.74, 6) is 1.25. The van der Waals surface area contributed by atoms with Gasteiger partial charge in [-0.05, 0) is 63.4 Å². The summed E-state index contributed by atoms with van der Waals surface area (Å²) in [6.45, 7) is 10.3. The Labute approximate surface area is 124 Å². The summed E-state index contributed by atoms with van der Waals surface area (Å²) in [6, 6.07) is 6.52. The number of nitrogens with zero attached hydrogens (tertiary/aromatic N) is 3. The van der Waals surface area contributed by atoms with E-state index >= 15 is 0 Å². The molecule has 4 heteroatoms. The number of aryl methyl sites for hydroxylation is 4. The first-order valence-electron chi connectivity index (χ1n) is 7.09. The molecule has 0 radical (unpaired) electrons. The molecule has 108 valence electrons. The third kappa shape index (κ3) is 2.07. The molecule has 0 aliphatic rings. The number of benzene rings is 1. The molecule has 0 saturated carbocycles. The van der Waals surface area contributed by atoms with Crippen LogP contribution in [0, 0.1) is 34.6 Å². The van der Waals surface area contributed by atoms with E-state index in [4.69, 9.17) is 5.73 Å². The van der Waals surface area contributed by atoms with Crippen LogP contribution in [0.1, 0.15) is 28.2 Å². The summed E-state index contributed by atoms with van der Waals surface area (Å²) in [5, 5.41) is 0.956. The quantitative estimate of drug-likeness (QED) is 0.741. The van der Waals surface area contributed by atoms with Crippen LogP contribution in [-0.4, -0.2) is 14.5 Å². The van der Waals surface area contributed by atoms with Crippen molar-refractivity contribution in [1.82, 2.24) is 14.5 Å². The second-order valence-corrected chi connectivity index (χ2v) is 5.75. The van der Waals surface area contributed by atoms with Gasteiger partial charge in [0.1, 0.15) is 11.6 Å². The highest BCUT2D eigenvalue weighted by atomic mass is 15.1. The van der Waals surface area contributed by atoms with E-state index < -0.39 is 0 Å². The molecule has 3 rings (SSSR count). The molecule has 0 bridgehead atoms. The summed E-state index contributed by atoms with van der Waals surface area (Å²) in [7, 11) is 0. The predicted octanol–water partition coefficient (Wildman–Crippen LogP) is 3.54. The molecule has 0 aliphatic carbocycles. The van der Waals surface area contributed by atoms with Gasteiger partial charge in [-0.1, -0.05) is 6.07 Å². The highest BCUT2D eigenvalue weighted by Gasteiger charge is 2.17. The molecule has 0 spiro atoms. The molecular weight excluding hydrogens is 260 g/mol. The minimum atomic E-state index is 0.557. The molecule has 0 unspecified atom stereocenters. The number of aromatic nitrogens is 3. The molecule has 0 atom stereocenters. The van der Waals surface area contributed by atoms with Crippen LogP contribution < -0.4 is 5.73 Å². The fourth-order valence-electron chi connectivity index (χ4n) is 3.00. The van der Waals surface area contributed by atoms with Gasteiger partial charge in [-0.25, -0.2) is 9.97 Å². The van der Waals surface area contributed by atoms with Crippen LogP contribution in [0.5, 0.6) is 0 Å². The summed E-state index contributed by atoms with van der Waals surface area (Å²) in [6.07, 6.45) is 0. The van der Waals surface area contributed by atoms with Crippen molar-refractivity contribution < 1.29 is 0 Å². The molecule has 0 saturated heterocycles. The summed E-state index contributed by atoms with van der Waals surface area (Å²) in [4.78, 5) is 8.92. The van der Waals surface area contributed by atoms with Gasteiger partial charge in [0.05, 0.1) is 5.39 Å². The SMILES string of the molecule is Cc1cc(C)cc(-n2c(C)c(C)c3c(N)nc(C)nc32)c1. The van der Waals surface area contributed by atoms with Crippen LogP contribution in [0.25, 0.3) is 16.7 Å². The van der Waals surface area contributed by atoms with Crippen LogP contribution >= 0.6 is 0 Å².